The van der Waals surface area contributed by atoms with Gasteiger partial charge in [0.2, 0.25) is 5.88 Å². The Kier molecular flexibility index (Phi) is 5.34. The van der Waals surface area contributed by atoms with Crippen LogP contribution >= 0.6 is 0 Å². The first-order valence-corrected chi connectivity index (χ1v) is 10.6. The number of nitrogens with one attached hydrogen (secondary N) is 1. The third kappa shape index (κ3) is 4.45. The lowest BCUT2D eigenvalue weighted by atomic mass is 9.78. The van der Waals surface area contributed by atoms with Gasteiger partial charge in [0.1, 0.15) is 5.75 Å². The highest BCUT2D eigenvalue weighted by Crippen LogP contribution is 2.37. The van der Waals surface area contributed by atoms with Crippen LogP contribution in [0.5, 0.6) is 11.6 Å². The zero-order chi connectivity index (χ0) is 20.5. The summed E-state index contributed by atoms with van der Waals surface area (Å²) in [4.78, 5) is 19.2. The number of pyridine rings is 1. The predicted molar refractivity (Wildman–Crippen MR) is 115 cm³/mol. The molecule has 1 aromatic heterocycles. The Bertz CT molecular complexity index is 837. The molecule has 0 radical (unpaired) electrons. The van der Waals surface area contributed by atoms with Crippen LogP contribution in [0.4, 0.5) is 0 Å². The number of amides is 1. The second kappa shape index (κ2) is 7.79. The van der Waals surface area contributed by atoms with Gasteiger partial charge < -0.3 is 15.0 Å². The zero-order valence-corrected chi connectivity index (χ0v) is 17.7. The van der Waals surface area contributed by atoms with Crippen LogP contribution in [0.25, 0.3) is 0 Å². The highest BCUT2D eigenvalue weighted by Gasteiger charge is 2.38. The first-order valence-electron chi connectivity index (χ1n) is 10.6. The molecular formula is C24H31N3O2. The lowest BCUT2D eigenvalue weighted by molar-refractivity contribution is 0.0607. The molecule has 0 aliphatic carbocycles. The number of ether oxygens (including phenoxy) is 1. The van der Waals surface area contributed by atoms with Gasteiger partial charge in [-0.05, 0) is 60.4 Å². The number of nitrogens with zero attached hydrogens (tertiary/aromatic N) is 2. The standard InChI is InChI=1S/C24H31N3O2/c1-23(2,3)19-5-7-20(8-6-19)29-21-9-4-18(16-26-21)22(28)27-14-11-24(12-15-27)10-13-25-17-24/h4-9,16,25H,10-15,17H2,1-3H3. The van der Waals surface area contributed by atoms with Crippen LogP contribution in [-0.2, 0) is 5.41 Å². The second-order valence-corrected chi connectivity index (χ2v) is 9.48. The number of likely N-dealkylation sites (tertiary alicyclic amines) is 1. The average molecular weight is 394 g/mol. The van der Waals surface area contributed by atoms with E-state index < -0.39 is 0 Å². The Hall–Kier alpha value is -2.40. The van der Waals surface area contributed by atoms with Gasteiger partial charge in [-0.2, -0.15) is 0 Å². The SMILES string of the molecule is CC(C)(C)c1ccc(Oc2ccc(C(=O)N3CCC4(CCNC4)CC3)cn2)cc1. The van der Waals surface area contributed by atoms with E-state index in [1.807, 2.05) is 23.1 Å². The van der Waals surface area contributed by atoms with Crippen LogP contribution < -0.4 is 10.1 Å². The summed E-state index contributed by atoms with van der Waals surface area (Å²) in [5, 5.41) is 3.47. The molecule has 1 amide bonds. The van der Waals surface area contributed by atoms with E-state index >= 15 is 0 Å². The van der Waals surface area contributed by atoms with Crippen molar-refractivity contribution in [3.63, 3.8) is 0 Å². The van der Waals surface area contributed by atoms with E-state index in [4.69, 9.17) is 4.74 Å². The van der Waals surface area contributed by atoms with Gasteiger partial charge in [-0.15, -0.1) is 0 Å². The van der Waals surface area contributed by atoms with Crippen LogP contribution in [0, 0.1) is 5.41 Å². The minimum Gasteiger partial charge on any atom is -0.439 e. The Morgan fingerprint density at radius 2 is 1.79 bits per heavy atom. The lowest BCUT2D eigenvalue weighted by Crippen LogP contribution is -2.44. The molecule has 2 saturated heterocycles. The van der Waals surface area contributed by atoms with Crippen molar-refractivity contribution in [3.05, 3.63) is 53.7 Å². The molecule has 0 saturated carbocycles. The van der Waals surface area contributed by atoms with E-state index in [-0.39, 0.29) is 11.3 Å². The first-order chi connectivity index (χ1) is 13.8. The fourth-order valence-corrected chi connectivity index (χ4v) is 4.30. The summed E-state index contributed by atoms with van der Waals surface area (Å²) in [6, 6.07) is 11.7. The van der Waals surface area contributed by atoms with Crippen molar-refractivity contribution < 1.29 is 9.53 Å². The maximum atomic E-state index is 12.8. The molecule has 4 rings (SSSR count). The van der Waals surface area contributed by atoms with Gasteiger partial charge >= 0.3 is 0 Å². The number of piperidine rings is 1. The Morgan fingerprint density at radius 3 is 2.34 bits per heavy atom. The molecule has 154 valence electrons. The van der Waals surface area contributed by atoms with Crippen molar-refractivity contribution in [2.45, 2.75) is 45.4 Å². The minimum atomic E-state index is 0.0689. The molecule has 3 heterocycles. The average Bonchev–Trinajstić information content (AvgIpc) is 3.16. The third-order valence-corrected chi connectivity index (χ3v) is 6.37. The van der Waals surface area contributed by atoms with Gasteiger partial charge in [-0.25, -0.2) is 4.98 Å². The van der Waals surface area contributed by atoms with Crippen molar-refractivity contribution in [1.82, 2.24) is 15.2 Å². The van der Waals surface area contributed by atoms with Gasteiger partial charge in [0, 0.05) is 31.9 Å². The normalized spacial score (nSPS) is 18.8. The zero-order valence-electron chi connectivity index (χ0n) is 17.7. The van der Waals surface area contributed by atoms with Crippen molar-refractivity contribution in [2.24, 2.45) is 5.41 Å². The number of benzene rings is 1. The molecule has 2 aliphatic rings. The number of aromatic nitrogens is 1. The van der Waals surface area contributed by atoms with Crippen molar-refractivity contribution in [3.8, 4) is 11.6 Å². The lowest BCUT2D eigenvalue weighted by Gasteiger charge is -2.38. The molecule has 1 N–H and O–H groups in total. The molecule has 1 aromatic carbocycles. The quantitative estimate of drug-likeness (QED) is 0.840. The van der Waals surface area contributed by atoms with E-state index in [0.717, 1.165) is 44.8 Å². The number of rotatable bonds is 3. The predicted octanol–water partition coefficient (Wildman–Crippen LogP) is 4.39. The number of hydrogen-bond acceptors (Lipinski definition) is 4. The third-order valence-electron chi connectivity index (χ3n) is 6.37. The molecule has 2 aliphatic heterocycles. The van der Waals surface area contributed by atoms with Crippen molar-refractivity contribution in [1.29, 1.82) is 0 Å². The van der Waals surface area contributed by atoms with Gasteiger partial charge in [0.25, 0.3) is 5.91 Å². The summed E-state index contributed by atoms with van der Waals surface area (Å²) < 4.78 is 5.85. The molecule has 0 bridgehead atoms. The van der Waals surface area contributed by atoms with Crippen molar-refractivity contribution in [2.75, 3.05) is 26.2 Å². The summed E-state index contributed by atoms with van der Waals surface area (Å²) >= 11 is 0. The monoisotopic (exact) mass is 393 g/mol. The maximum Gasteiger partial charge on any atom is 0.255 e. The van der Waals surface area contributed by atoms with E-state index in [9.17, 15) is 4.79 Å². The van der Waals surface area contributed by atoms with E-state index in [1.54, 1.807) is 12.3 Å². The fourth-order valence-electron chi connectivity index (χ4n) is 4.30. The highest BCUT2D eigenvalue weighted by molar-refractivity contribution is 5.94. The maximum absolute atomic E-state index is 12.8. The second-order valence-electron chi connectivity index (χ2n) is 9.48. The van der Waals surface area contributed by atoms with Crippen LogP contribution in [0.3, 0.4) is 0 Å². The van der Waals surface area contributed by atoms with Crippen LogP contribution in [-0.4, -0.2) is 42.0 Å². The summed E-state index contributed by atoms with van der Waals surface area (Å²) in [5.74, 6) is 1.31. The molecule has 0 unspecified atom stereocenters. The molecule has 2 aromatic rings. The summed E-state index contributed by atoms with van der Waals surface area (Å²) in [5.41, 5.74) is 2.41. The number of hydrogen-bond donors (Lipinski definition) is 1. The van der Waals surface area contributed by atoms with Gasteiger partial charge in [-0.3, -0.25) is 4.79 Å². The molecule has 0 atom stereocenters. The highest BCUT2D eigenvalue weighted by atomic mass is 16.5. The summed E-state index contributed by atoms with van der Waals surface area (Å²) in [6.07, 6.45) is 5.04. The van der Waals surface area contributed by atoms with Gasteiger partial charge in [-0.1, -0.05) is 32.9 Å². The van der Waals surface area contributed by atoms with E-state index in [1.165, 1.54) is 12.0 Å². The molecule has 2 fully saturated rings. The minimum absolute atomic E-state index is 0.0689. The summed E-state index contributed by atoms with van der Waals surface area (Å²) in [6.45, 7) is 10.4. The molecule has 1 spiro atoms. The van der Waals surface area contributed by atoms with E-state index in [0.29, 0.717) is 16.9 Å². The molecule has 29 heavy (non-hydrogen) atoms. The first kappa shape index (κ1) is 19.9. The largest absolute Gasteiger partial charge is 0.439 e. The van der Waals surface area contributed by atoms with Crippen molar-refractivity contribution >= 4 is 5.91 Å². The van der Waals surface area contributed by atoms with Crippen LogP contribution in [0.1, 0.15) is 56.0 Å². The summed E-state index contributed by atoms with van der Waals surface area (Å²) in [7, 11) is 0. The topological polar surface area (TPSA) is 54.5 Å². The Morgan fingerprint density at radius 1 is 1.07 bits per heavy atom. The van der Waals surface area contributed by atoms with Crippen LogP contribution in [0.2, 0.25) is 0 Å². The molecule has 5 heteroatoms. The number of carbonyl (C=O) groups excluding carboxylic acids is 1. The van der Waals surface area contributed by atoms with Gasteiger partial charge in [0.05, 0.1) is 5.56 Å². The fraction of sp³-hybridized carbons (Fsp3) is 0.500. The molecular weight excluding hydrogens is 362 g/mol. The molecule has 5 nitrogen and oxygen atoms in total. The van der Waals surface area contributed by atoms with Crippen LogP contribution in [0.15, 0.2) is 42.6 Å². The van der Waals surface area contributed by atoms with E-state index in [2.05, 4.69) is 43.2 Å². The Balaban J connectivity index is 1.36. The number of carbonyl (C=O) groups is 1. The smallest absolute Gasteiger partial charge is 0.255 e. The Labute approximate surface area is 173 Å². The van der Waals surface area contributed by atoms with Gasteiger partial charge in [0.15, 0.2) is 0 Å².